The molecule has 0 aromatic heterocycles. The van der Waals surface area contributed by atoms with E-state index in [0.29, 0.717) is 23.3 Å². The molecule has 3 aromatic carbocycles. The Morgan fingerprint density at radius 1 is 0.971 bits per heavy atom. The Hall–Kier alpha value is -4.13. The number of carbonyl (C=O) groups excluding carboxylic acids is 2. The van der Waals surface area contributed by atoms with Gasteiger partial charge in [0, 0.05) is 24.1 Å². The Morgan fingerprint density at radius 3 is 2.31 bits per heavy atom. The Labute approximate surface area is 204 Å². The third kappa shape index (κ3) is 5.35. The first kappa shape index (κ1) is 24.0. The maximum atomic E-state index is 13.9. The van der Waals surface area contributed by atoms with Gasteiger partial charge in [0.15, 0.2) is 0 Å². The molecule has 1 aliphatic rings. The van der Waals surface area contributed by atoms with Crippen molar-refractivity contribution in [3.63, 3.8) is 0 Å². The van der Waals surface area contributed by atoms with E-state index in [9.17, 15) is 19.5 Å². The van der Waals surface area contributed by atoms with Gasteiger partial charge in [-0.3, -0.25) is 14.4 Å². The molecule has 1 heterocycles. The summed E-state index contributed by atoms with van der Waals surface area (Å²) < 4.78 is 5.40. The van der Waals surface area contributed by atoms with Crippen molar-refractivity contribution in [2.75, 3.05) is 13.7 Å². The van der Waals surface area contributed by atoms with E-state index in [-0.39, 0.29) is 19.0 Å². The minimum absolute atomic E-state index is 0.0554. The molecule has 0 fully saturated rings. The predicted molar refractivity (Wildman–Crippen MR) is 131 cm³/mol. The van der Waals surface area contributed by atoms with Gasteiger partial charge in [-0.25, -0.2) is 0 Å². The van der Waals surface area contributed by atoms with Crippen molar-refractivity contribution in [1.82, 2.24) is 9.80 Å². The summed E-state index contributed by atoms with van der Waals surface area (Å²) >= 11 is 0. The molecule has 180 valence electrons. The molecule has 0 aliphatic carbocycles. The van der Waals surface area contributed by atoms with Crippen LogP contribution in [-0.4, -0.2) is 52.4 Å². The number of aliphatic carboxylic acids is 1. The van der Waals surface area contributed by atoms with Crippen molar-refractivity contribution in [2.24, 2.45) is 0 Å². The molecule has 2 amide bonds. The number of nitrogens with zero attached hydrogens (tertiary/aromatic N) is 2. The SMILES string of the molecule is COc1ccccc1CN(CC(=O)O)C(=O)C1Cc2ccccc2CN1C(=O)c1ccc(C)cc1. The maximum Gasteiger partial charge on any atom is 0.323 e. The molecule has 4 rings (SSSR count). The first-order valence-corrected chi connectivity index (χ1v) is 11.4. The maximum absolute atomic E-state index is 13.9. The second-order valence-corrected chi connectivity index (χ2v) is 8.69. The minimum Gasteiger partial charge on any atom is -0.496 e. The monoisotopic (exact) mass is 472 g/mol. The van der Waals surface area contributed by atoms with Crippen LogP contribution < -0.4 is 4.74 Å². The average Bonchev–Trinajstić information content (AvgIpc) is 2.87. The molecule has 0 saturated carbocycles. The Kier molecular flexibility index (Phi) is 7.15. The second-order valence-electron chi connectivity index (χ2n) is 8.69. The number of amides is 2. The van der Waals surface area contributed by atoms with Gasteiger partial charge in [-0.15, -0.1) is 0 Å². The highest BCUT2D eigenvalue weighted by Gasteiger charge is 2.38. The van der Waals surface area contributed by atoms with Crippen LogP contribution in [0.15, 0.2) is 72.8 Å². The molecule has 0 bridgehead atoms. The van der Waals surface area contributed by atoms with E-state index in [4.69, 9.17) is 4.74 Å². The fourth-order valence-electron chi connectivity index (χ4n) is 4.44. The van der Waals surface area contributed by atoms with E-state index in [1.165, 1.54) is 12.0 Å². The lowest BCUT2D eigenvalue weighted by atomic mass is 9.92. The summed E-state index contributed by atoms with van der Waals surface area (Å²) in [6.45, 7) is 1.79. The summed E-state index contributed by atoms with van der Waals surface area (Å²) in [5.74, 6) is -1.23. The molecular formula is C28H28N2O5. The number of benzene rings is 3. The number of fused-ring (bicyclic) bond motifs is 1. The standard InChI is InChI=1S/C28H28N2O5/c1-19-11-13-20(14-12-19)27(33)30-17-22-8-4-3-7-21(22)15-24(30)28(34)29(18-26(31)32)16-23-9-5-6-10-25(23)35-2/h3-14,24H,15-18H2,1-2H3,(H,31,32). The third-order valence-corrected chi connectivity index (χ3v) is 6.28. The molecule has 1 N–H and O–H groups in total. The molecule has 1 aliphatic heterocycles. The summed E-state index contributed by atoms with van der Waals surface area (Å²) in [7, 11) is 1.53. The number of ether oxygens (including phenoxy) is 1. The zero-order valence-electron chi connectivity index (χ0n) is 19.8. The average molecular weight is 473 g/mol. The number of hydrogen-bond donors (Lipinski definition) is 1. The fourth-order valence-corrected chi connectivity index (χ4v) is 4.44. The molecule has 7 nitrogen and oxygen atoms in total. The molecule has 1 atom stereocenters. The Bertz CT molecular complexity index is 1240. The van der Waals surface area contributed by atoms with Crippen LogP contribution >= 0.6 is 0 Å². The van der Waals surface area contributed by atoms with Crippen LogP contribution in [0, 0.1) is 6.92 Å². The van der Waals surface area contributed by atoms with Crippen LogP contribution in [0.5, 0.6) is 5.75 Å². The molecule has 3 aromatic rings. The zero-order chi connectivity index (χ0) is 24.9. The van der Waals surface area contributed by atoms with Crippen molar-refractivity contribution in [2.45, 2.75) is 32.5 Å². The largest absolute Gasteiger partial charge is 0.496 e. The van der Waals surface area contributed by atoms with Crippen molar-refractivity contribution >= 4 is 17.8 Å². The summed E-state index contributed by atoms with van der Waals surface area (Å²) in [5.41, 5.74) is 4.17. The van der Waals surface area contributed by atoms with Crippen molar-refractivity contribution in [3.8, 4) is 5.75 Å². The smallest absolute Gasteiger partial charge is 0.323 e. The van der Waals surface area contributed by atoms with Gasteiger partial charge in [0.1, 0.15) is 18.3 Å². The lowest BCUT2D eigenvalue weighted by molar-refractivity contribution is -0.147. The van der Waals surface area contributed by atoms with E-state index >= 15 is 0 Å². The summed E-state index contributed by atoms with van der Waals surface area (Å²) in [5, 5.41) is 9.57. The highest BCUT2D eigenvalue weighted by atomic mass is 16.5. The first-order valence-electron chi connectivity index (χ1n) is 11.4. The quantitative estimate of drug-likeness (QED) is 0.567. The topological polar surface area (TPSA) is 87.2 Å². The van der Waals surface area contributed by atoms with Crippen molar-refractivity contribution < 1.29 is 24.2 Å². The molecule has 0 spiro atoms. The van der Waals surface area contributed by atoms with Gasteiger partial charge in [-0.2, -0.15) is 0 Å². The number of hydrogen-bond acceptors (Lipinski definition) is 4. The lowest BCUT2D eigenvalue weighted by Gasteiger charge is -2.38. The first-order chi connectivity index (χ1) is 16.9. The van der Waals surface area contributed by atoms with Gasteiger partial charge in [0.05, 0.1) is 13.7 Å². The van der Waals surface area contributed by atoms with Crippen LogP contribution in [0.3, 0.4) is 0 Å². The van der Waals surface area contributed by atoms with Crippen molar-refractivity contribution in [3.05, 3.63) is 101 Å². The van der Waals surface area contributed by atoms with Crippen molar-refractivity contribution in [1.29, 1.82) is 0 Å². The van der Waals surface area contributed by atoms with Crippen LogP contribution in [-0.2, 0) is 29.1 Å². The molecular weight excluding hydrogens is 444 g/mol. The van der Waals surface area contributed by atoms with E-state index in [2.05, 4.69) is 0 Å². The molecule has 35 heavy (non-hydrogen) atoms. The van der Waals surface area contributed by atoms with E-state index in [1.807, 2.05) is 55.5 Å². The van der Waals surface area contributed by atoms with Crippen LogP contribution in [0.1, 0.15) is 32.6 Å². The number of carboxylic acid groups (broad SMARTS) is 1. The normalized spacial score (nSPS) is 14.7. The lowest BCUT2D eigenvalue weighted by Crippen LogP contribution is -2.54. The van der Waals surface area contributed by atoms with Crippen LogP contribution in [0.25, 0.3) is 0 Å². The van der Waals surface area contributed by atoms with Gasteiger partial charge >= 0.3 is 5.97 Å². The fraction of sp³-hybridized carbons (Fsp3) is 0.250. The minimum atomic E-state index is -1.12. The van der Waals surface area contributed by atoms with Gasteiger partial charge in [-0.1, -0.05) is 60.2 Å². The zero-order valence-corrected chi connectivity index (χ0v) is 19.8. The number of para-hydroxylation sites is 1. The second kappa shape index (κ2) is 10.4. The van der Waals surface area contributed by atoms with Crippen LogP contribution in [0.2, 0.25) is 0 Å². The summed E-state index contributed by atoms with van der Waals surface area (Å²) in [6, 6.07) is 21.3. The number of rotatable bonds is 7. The highest BCUT2D eigenvalue weighted by molar-refractivity contribution is 5.98. The highest BCUT2D eigenvalue weighted by Crippen LogP contribution is 2.28. The Morgan fingerprint density at radius 2 is 1.63 bits per heavy atom. The number of carbonyl (C=O) groups is 3. The molecule has 7 heteroatoms. The van der Waals surface area contributed by atoms with E-state index < -0.39 is 24.5 Å². The van der Waals surface area contributed by atoms with E-state index in [1.54, 1.807) is 29.2 Å². The Balaban J connectivity index is 1.70. The number of aryl methyl sites for hydroxylation is 1. The predicted octanol–water partition coefficient (Wildman–Crippen LogP) is 3.68. The van der Waals surface area contributed by atoms with Gasteiger partial charge in [-0.05, 0) is 36.2 Å². The molecule has 1 unspecified atom stereocenters. The van der Waals surface area contributed by atoms with Gasteiger partial charge in [0.2, 0.25) is 5.91 Å². The number of methoxy groups -OCH3 is 1. The number of carboxylic acids is 1. The van der Waals surface area contributed by atoms with E-state index in [0.717, 1.165) is 16.7 Å². The van der Waals surface area contributed by atoms with Gasteiger partial charge in [0.25, 0.3) is 5.91 Å². The van der Waals surface area contributed by atoms with Gasteiger partial charge < -0.3 is 19.6 Å². The molecule has 0 saturated heterocycles. The van der Waals surface area contributed by atoms with Crippen LogP contribution in [0.4, 0.5) is 0 Å². The third-order valence-electron chi connectivity index (χ3n) is 6.28. The summed E-state index contributed by atoms with van der Waals surface area (Å²) in [4.78, 5) is 42.0. The molecule has 0 radical (unpaired) electrons. The summed E-state index contributed by atoms with van der Waals surface area (Å²) in [6.07, 6.45) is 0.314.